The Balaban J connectivity index is 4.19. The number of carboxylic acids is 1. The normalized spacial score (nSPS) is 13.0. The number of carbonyl (C=O) groups excluding carboxylic acids is 3. The van der Waals surface area contributed by atoms with Crippen molar-refractivity contribution in [2.45, 2.75) is 174 Å². The fourth-order valence-electron chi connectivity index (χ4n) is 5.28. The first kappa shape index (κ1) is 46.8. The molecule has 0 aliphatic heterocycles. The minimum atomic E-state index is -1.39. The van der Waals surface area contributed by atoms with Crippen LogP contribution in [0.2, 0.25) is 0 Å². The third kappa shape index (κ3) is 32.0. The second-order valence-electron chi connectivity index (χ2n) is 13.0. The van der Waals surface area contributed by atoms with E-state index in [0.29, 0.717) is 12.8 Å². The highest BCUT2D eigenvalue weighted by molar-refractivity contribution is 5.87. The molecular formula is C41H70N2O7. The molecule has 0 bridgehead atoms. The third-order valence-corrected chi connectivity index (χ3v) is 8.29. The fourth-order valence-corrected chi connectivity index (χ4v) is 5.28. The van der Waals surface area contributed by atoms with Crippen LogP contribution in [0, 0.1) is 0 Å². The summed E-state index contributed by atoms with van der Waals surface area (Å²) in [6.45, 7) is 3.29. The minimum absolute atomic E-state index is 0.126. The molecule has 2 atom stereocenters. The van der Waals surface area contributed by atoms with Gasteiger partial charge in [-0.3, -0.25) is 14.4 Å². The van der Waals surface area contributed by atoms with Gasteiger partial charge in [0.2, 0.25) is 11.8 Å². The number of hydrogen-bond acceptors (Lipinski definition) is 6. The molecule has 4 N–H and O–H groups in total. The summed E-state index contributed by atoms with van der Waals surface area (Å²) >= 11 is 0. The van der Waals surface area contributed by atoms with Crippen LogP contribution in [0.15, 0.2) is 48.6 Å². The van der Waals surface area contributed by atoms with Gasteiger partial charge in [0.1, 0.15) is 12.1 Å². The maximum atomic E-state index is 12.6. The average molecular weight is 703 g/mol. The molecule has 9 heteroatoms. The number of rotatable bonds is 34. The fraction of sp³-hybridized carbons (Fsp3) is 0.707. The minimum Gasteiger partial charge on any atom is -0.480 e. The standard InChI is InChI=1S/C41H70N2O7/c1-3-5-7-9-11-12-13-14-15-16-17-18-19-20-21-23-29-33-40(47)50-36(30-26-22-10-8-6-4-2)31-27-24-25-28-32-38(45)42-34-39(46)43-37(35-44)41(48)49/h5,7,11-12,14-15,26,30,36-37,44H,3-4,6,8-10,13,16-25,27-29,31-35H2,1-2H3,(H,42,45)(H,43,46)(H,48,49)/b7-5-,12-11-,15-14-,30-26-. The maximum Gasteiger partial charge on any atom is 0.328 e. The number of nitrogens with one attached hydrogen (secondary N) is 2. The lowest BCUT2D eigenvalue weighted by Crippen LogP contribution is -2.47. The Labute approximate surface area is 303 Å². The predicted octanol–water partition coefficient (Wildman–Crippen LogP) is 8.81. The number of allylic oxidation sites excluding steroid dienone is 7. The summed E-state index contributed by atoms with van der Waals surface area (Å²) in [5.41, 5.74) is 0. The SMILES string of the molecule is CC/C=C\C/C=C\C/C=C\CCCCCCCCCC(=O)OC(/C=C\CCCCCC)CCCCCCC(=O)NCC(=O)NC(CO)C(=O)O. The highest BCUT2D eigenvalue weighted by Crippen LogP contribution is 2.15. The second kappa shape index (κ2) is 35.6. The van der Waals surface area contributed by atoms with Crippen LogP contribution in [0.1, 0.15) is 162 Å². The number of carbonyl (C=O) groups is 4. The van der Waals surface area contributed by atoms with E-state index >= 15 is 0 Å². The Morgan fingerprint density at radius 3 is 1.84 bits per heavy atom. The summed E-state index contributed by atoms with van der Waals surface area (Å²) in [4.78, 5) is 47.3. The average Bonchev–Trinajstić information content (AvgIpc) is 3.10. The monoisotopic (exact) mass is 703 g/mol. The molecule has 0 heterocycles. The summed E-state index contributed by atoms with van der Waals surface area (Å²) in [7, 11) is 0. The maximum absolute atomic E-state index is 12.6. The van der Waals surface area contributed by atoms with Gasteiger partial charge in [0, 0.05) is 12.8 Å². The summed E-state index contributed by atoms with van der Waals surface area (Å²) in [6, 6.07) is -1.39. The molecule has 0 fully saturated rings. The zero-order valence-electron chi connectivity index (χ0n) is 31.4. The van der Waals surface area contributed by atoms with E-state index in [4.69, 9.17) is 14.9 Å². The lowest BCUT2D eigenvalue weighted by molar-refractivity contribution is -0.147. The molecule has 0 aromatic carbocycles. The molecule has 2 unspecified atom stereocenters. The van der Waals surface area contributed by atoms with Gasteiger partial charge in [-0.05, 0) is 76.7 Å². The predicted molar refractivity (Wildman–Crippen MR) is 204 cm³/mol. The van der Waals surface area contributed by atoms with Crippen molar-refractivity contribution >= 4 is 23.8 Å². The largest absolute Gasteiger partial charge is 0.480 e. The molecule has 0 aromatic heterocycles. The lowest BCUT2D eigenvalue weighted by Gasteiger charge is -2.15. The first-order valence-electron chi connectivity index (χ1n) is 19.5. The highest BCUT2D eigenvalue weighted by atomic mass is 16.5. The molecule has 2 amide bonds. The van der Waals surface area contributed by atoms with Gasteiger partial charge in [-0.25, -0.2) is 4.79 Å². The number of aliphatic hydroxyl groups is 1. The second-order valence-corrected chi connectivity index (χ2v) is 13.0. The number of aliphatic hydroxyl groups excluding tert-OH is 1. The summed E-state index contributed by atoms with van der Waals surface area (Å²) < 4.78 is 5.86. The number of ether oxygens (including phenoxy) is 1. The van der Waals surface area contributed by atoms with Gasteiger partial charge in [0.15, 0.2) is 0 Å². The molecule has 0 spiro atoms. The Morgan fingerprint density at radius 2 is 1.20 bits per heavy atom. The Kier molecular flexibility index (Phi) is 33.3. The number of aliphatic carboxylic acids is 1. The zero-order valence-corrected chi connectivity index (χ0v) is 31.4. The summed E-state index contributed by atoms with van der Waals surface area (Å²) in [6.07, 6.45) is 40.2. The van der Waals surface area contributed by atoms with Gasteiger partial charge in [-0.15, -0.1) is 0 Å². The van der Waals surface area contributed by atoms with E-state index in [2.05, 4.69) is 67.0 Å². The smallest absolute Gasteiger partial charge is 0.328 e. The first-order valence-corrected chi connectivity index (χ1v) is 19.5. The van der Waals surface area contributed by atoms with E-state index in [0.717, 1.165) is 83.5 Å². The molecular weight excluding hydrogens is 632 g/mol. The van der Waals surface area contributed by atoms with Gasteiger partial charge in [-0.2, -0.15) is 0 Å². The molecule has 50 heavy (non-hydrogen) atoms. The quantitative estimate of drug-likeness (QED) is 0.0298. The molecule has 0 radical (unpaired) electrons. The number of esters is 1. The summed E-state index contributed by atoms with van der Waals surface area (Å²) in [5.74, 6) is -2.42. The number of carboxylic acid groups (broad SMARTS) is 1. The molecule has 0 aliphatic rings. The number of hydrogen-bond donors (Lipinski definition) is 4. The van der Waals surface area contributed by atoms with Crippen LogP contribution in [0.25, 0.3) is 0 Å². The van der Waals surface area contributed by atoms with E-state index in [1.54, 1.807) is 0 Å². The Hall–Kier alpha value is -3.20. The van der Waals surface area contributed by atoms with Crippen LogP contribution in [0.3, 0.4) is 0 Å². The van der Waals surface area contributed by atoms with Crippen molar-refractivity contribution in [2.75, 3.05) is 13.2 Å². The molecule has 0 aliphatic carbocycles. The molecule has 9 nitrogen and oxygen atoms in total. The molecule has 0 rings (SSSR count). The third-order valence-electron chi connectivity index (χ3n) is 8.29. The van der Waals surface area contributed by atoms with Crippen molar-refractivity contribution in [1.29, 1.82) is 0 Å². The van der Waals surface area contributed by atoms with Crippen molar-refractivity contribution in [3.8, 4) is 0 Å². The van der Waals surface area contributed by atoms with Crippen LogP contribution in [0.4, 0.5) is 0 Å². The first-order chi connectivity index (χ1) is 24.3. The van der Waals surface area contributed by atoms with Crippen molar-refractivity contribution in [2.24, 2.45) is 0 Å². The molecule has 0 saturated carbocycles. The van der Waals surface area contributed by atoms with Crippen molar-refractivity contribution in [3.63, 3.8) is 0 Å². The Bertz CT molecular complexity index is 989. The Morgan fingerprint density at radius 1 is 0.640 bits per heavy atom. The number of amides is 2. The zero-order chi connectivity index (χ0) is 36.9. The topological polar surface area (TPSA) is 142 Å². The van der Waals surface area contributed by atoms with E-state index < -0.39 is 24.5 Å². The van der Waals surface area contributed by atoms with Crippen molar-refractivity contribution < 1.29 is 34.1 Å². The number of unbranched alkanes of at least 4 members (excludes halogenated alkanes) is 14. The van der Waals surface area contributed by atoms with Gasteiger partial charge >= 0.3 is 11.9 Å². The lowest BCUT2D eigenvalue weighted by atomic mass is 10.1. The van der Waals surface area contributed by atoms with E-state index in [-0.39, 0.29) is 30.9 Å². The van der Waals surface area contributed by atoms with Gasteiger partial charge < -0.3 is 25.6 Å². The van der Waals surface area contributed by atoms with Crippen LogP contribution in [-0.4, -0.2) is 59.3 Å². The molecule has 0 saturated heterocycles. The van der Waals surface area contributed by atoms with Crippen LogP contribution in [0.5, 0.6) is 0 Å². The van der Waals surface area contributed by atoms with Gasteiger partial charge in [-0.1, -0.05) is 121 Å². The molecule has 0 aromatic rings. The van der Waals surface area contributed by atoms with Crippen LogP contribution >= 0.6 is 0 Å². The summed E-state index contributed by atoms with van der Waals surface area (Å²) in [5, 5.41) is 22.5. The van der Waals surface area contributed by atoms with Gasteiger partial charge in [0.25, 0.3) is 0 Å². The van der Waals surface area contributed by atoms with Crippen molar-refractivity contribution in [1.82, 2.24) is 10.6 Å². The van der Waals surface area contributed by atoms with Crippen LogP contribution < -0.4 is 10.6 Å². The van der Waals surface area contributed by atoms with E-state index in [9.17, 15) is 19.2 Å². The van der Waals surface area contributed by atoms with Crippen molar-refractivity contribution in [3.05, 3.63) is 48.6 Å². The highest BCUT2D eigenvalue weighted by Gasteiger charge is 2.18. The van der Waals surface area contributed by atoms with E-state index in [1.807, 2.05) is 6.08 Å². The molecule has 286 valence electrons. The van der Waals surface area contributed by atoms with Gasteiger partial charge in [0.05, 0.1) is 13.2 Å². The van der Waals surface area contributed by atoms with E-state index in [1.165, 1.54) is 44.9 Å². The van der Waals surface area contributed by atoms with Crippen LogP contribution in [-0.2, 0) is 23.9 Å².